The number of carbonyl (C=O) groups is 1. The van der Waals surface area contributed by atoms with Crippen LogP contribution in [0.4, 0.5) is 0 Å². The molecule has 0 amide bonds. The van der Waals surface area contributed by atoms with Crippen LogP contribution in [-0.2, 0) is 4.79 Å². The highest BCUT2D eigenvalue weighted by molar-refractivity contribution is 5.73. The minimum atomic E-state index is -0.853. The van der Waals surface area contributed by atoms with Gasteiger partial charge in [0.05, 0.1) is 0 Å². The summed E-state index contributed by atoms with van der Waals surface area (Å²) in [7, 11) is 0. The Kier molecular flexibility index (Phi) is 4.18. The second kappa shape index (κ2) is 5.19. The SMILES string of the molecule is NCC(NCCCC1CC1)C(=O)O. The molecular formula is C9H18N2O2. The highest BCUT2D eigenvalue weighted by Gasteiger charge is 2.20. The first-order valence-corrected chi connectivity index (χ1v) is 4.90. The van der Waals surface area contributed by atoms with E-state index in [1.54, 1.807) is 0 Å². The fourth-order valence-electron chi connectivity index (χ4n) is 1.35. The number of aliphatic carboxylic acids is 1. The molecule has 0 heterocycles. The summed E-state index contributed by atoms with van der Waals surface area (Å²) >= 11 is 0. The Hall–Kier alpha value is -0.610. The van der Waals surface area contributed by atoms with Gasteiger partial charge in [-0.15, -0.1) is 0 Å². The summed E-state index contributed by atoms with van der Waals surface area (Å²) in [5.41, 5.74) is 5.28. The molecule has 0 radical (unpaired) electrons. The van der Waals surface area contributed by atoms with Gasteiger partial charge in [-0.3, -0.25) is 4.79 Å². The van der Waals surface area contributed by atoms with Crippen molar-refractivity contribution in [1.29, 1.82) is 0 Å². The maximum absolute atomic E-state index is 10.5. The average Bonchev–Trinajstić information content (AvgIpc) is 2.87. The Balaban J connectivity index is 1.98. The van der Waals surface area contributed by atoms with Crippen molar-refractivity contribution in [1.82, 2.24) is 5.32 Å². The quantitative estimate of drug-likeness (QED) is 0.496. The summed E-state index contributed by atoms with van der Waals surface area (Å²) in [4.78, 5) is 10.5. The van der Waals surface area contributed by atoms with E-state index < -0.39 is 12.0 Å². The molecule has 1 rings (SSSR count). The van der Waals surface area contributed by atoms with Crippen LogP contribution in [0.1, 0.15) is 25.7 Å². The number of carboxylic acids is 1. The molecule has 1 aliphatic carbocycles. The largest absolute Gasteiger partial charge is 0.480 e. The van der Waals surface area contributed by atoms with E-state index in [0.717, 1.165) is 18.9 Å². The Morgan fingerprint density at radius 2 is 2.31 bits per heavy atom. The standard InChI is InChI=1S/C9H18N2O2/c10-6-8(9(12)13)11-5-1-2-7-3-4-7/h7-8,11H,1-6,10H2,(H,12,13). The number of rotatable bonds is 7. The molecule has 0 aromatic rings. The smallest absolute Gasteiger partial charge is 0.322 e. The van der Waals surface area contributed by atoms with Gasteiger partial charge in [0.1, 0.15) is 6.04 Å². The molecule has 1 aliphatic rings. The van der Waals surface area contributed by atoms with Crippen molar-refractivity contribution in [3.63, 3.8) is 0 Å². The van der Waals surface area contributed by atoms with Crippen molar-refractivity contribution in [2.45, 2.75) is 31.7 Å². The van der Waals surface area contributed by atoms with E-state index in [1.165, 1.54) is 19.3 Å². The highest BCUT2D eigenvalue weighted by Crippen LogP contribution is 2.33. The zero-order chi connectivity index (χ0) is 9.68. The van der Waals surface area contributed by atoms with Crippen LogP contribution in [0.2, 0.25) is 0 Å². The van der Waals surface area contributed by atoms with E-state index >= 15 is 0 Å². The molecule has 0 saturated heterocycles. The number of nitrogens with one attached hydrogen (secondary N) is 1. The van der Waals surface area contributed by atoms with Crippen LogP contribution in [-0.4, -0.2) is 30.2 Å². The van der Waals surface area contributed by atoms with Crippen molar-refractivity contribution in [2.24, 2.45) is 11.7 Å². The average molecular weight is 186 g/mol. The molecule has 76 valence electrons. The van der Waals surface area contributed by atoms with Gasteiger partial charge in [-0.2, -0.15) is 0 Å². The van der Waals surface area contributed by atoms with Crippen LogP contribution in [0.5, 0.6) is 0 Å². The fourth-order valence-corrected chi connectivity index (χ4v) is 1.35. The van der Waals surface area contributed by atoms with Crippen molar-refractivity contribution in [3.8, 4) is 0 Å². The predicted molar refractivity (Wildman–Crippen MR) is 50.4 cm³/mol. The van der Waals surface area contributed by atoms with Crippen LogP contribution in [0.3, 0.4) is 0 Å². The van der Waals surface area contributed by atoms with Gasteiger partial charge in [0.25, 0.3) is 0 Å². The minimum Gasteiger partial charge on any atom is -0.480 e. The summed E-state index contributed by atoms with van der Waals surface area (Å²) in [6.45, 7) is 0.934. The minimum absolute atomic E-state index is 0.165. The van der Waals surface area contributed by atoms with E-state index in [1.807, 2.05) is 0 Å². The van der Waals surface area contributed by atoms with Gasteiger partial charge in [0, 0.05) is 6.54 Å². The molecule has 0 aliphatic heterocycles. The molecule has 0 aromatic carbocycles. The maximum Gasteiger partial charge on any atom is 0.322 e. The molecule has 4 heteroatoms. The van der Waals surface area contributed by atoms with Crippen molar-refractivity contribution in [2.75, 3.05) is 13.1 Å². The first-order valence-electron chi connectivity index (χ1n) is 4.90. The normalized spacial score (nSPS) is 18.5. The Bertz CT molecular complexity index is 169. The summed E-state index contributed by atoms with van der Waals surface area (Å²) in [5.74, 6) is 0.0666. The van der Waals surface area contributed by atoms with Gasteiger partial charge in [0.15, 0.2) is 0 Å². The molecule has 4 N–H and O–H groups in total. The third-order valence-electron chi connectivity index (χ3n) is 2.41. The topological polar surface area (TPSA) is 75.3 Å². The monoisotopic (exact) mass is 186 g/mol. The lowest BCUT2D eigenvalue weighted by atomic mass is 10.2. The Morgan fingerprint density at radius 1 is 1.62 bits per heavy atom. The van der Waals surface area contributed by atoms with Crippen molar-refractivity contribution >= 4 is 5.97 Å². The van der Waals surface area contributed by atoms with E-state index in [0.29, 0.717) is 0 Å². The van der Waals surface area contributed by atoms with Crippen LogP contribution < -0.4 is 11.1 Å². The Morgan fingerprint density at radius 3 is 2.77 bits per heavy atom. The Labute approximate surface area is 78.5 Å². The summed E-state index contributed by atoms with van der Waals surface area (Å²) in [5, 5.41) is 11.6. The zero-order valence-corrected chi connectivity index (χ0v) is 7.83. The van der Waals surface area contributed by atoms with Crippen LogP contribution in [0, 0.1) is 5.92 Å². The number of hydrogen-bond acceptors (Lipinski definition) is 3. The maximum atomic E-state index is 10.5. The summed E-state index contributed by atoms with van der Waals surface area (Å²) in [6, 6.07) is -0.570. The lowest BCUT2D eigenvalue weighted by Crippen LogP contribution is -2.43. The first kappa shape index (κ1) is 10.5. The van der Waals surface area contributed by atoms with Crippen LogP contribution in [0.25, 0.3) is 0 Å². The van der Waals surface area contributed by atoms with Gasteiger partial charge < -0.3 is 16.2 Å². The van der Waals surface area contributed by atoms with Crippen molar-refractivity contribution < 1.29 is 9.90 Å². The molecular weight excluding hydrogens is 168 g/mol. The third-order valence-corrected chi connectivity index (χ3v) is 2.41. The highest BCUT2D eigenvalue weighted by atomic mass is 16.4. The van der Waals surface area contributed by atoms with Gasteiger partial charge in [-0.1, -0.05) is 12.8 Å². The van der Waals surface area contributed by atoms with E-state index in [4.69, 9.17) is 10.8 Å². The fraction of sp³-hybridized carbons (Fsp3) is 0.889. The lowest BCUT2D eigenvalue weighted by molar-refractivity contribution is -0.139. The second-order valence-electron chi connectivity index (χ2n) is 3.67. The van der Waals surface area contributed by atoms with E-state index in [-0.39, 0.29) is 6.54 Å². The number of nitrogens with two attached hydrogens (primary N) is 1. The third kappa shape index (κ3) is 4.24. The number of carboxylic acid groups (broad SMARTS) is 1. The van der Waals surface area contributed by atoms with Crippen molar-refractivity contribution in [3.05, 3.63) is 0 Å². The summed E-state index contributed by atoms with van der Waals surface area (Å²) in [6.07, 6.45) is 5.01. The zero-order valence-electron chi connectivity index (χ0n) is 7.83. The molecule has 1 unspecified atom stereocenters. The van der Waals surface area contributed by atoms with Gasteiger partial charge >= 0.3 is 5.97 Å². The molecule has 0 bridgehead atoms. The molecule has 1 fully saturated rings. The predicted octanol–water partition coefficient (Wildman–Crippen LogP) is 0.178. The molecule has 0 spiro atoms. The van der Waals surface area contributed by atoms with Gasteiger partial charge in [-0.05, 0) is 25.3 Å². The lowest BCUT2D eigenvalue weighted by Gasteiger charge is -2.11. The molecule has 4 nitrogen and oxygen atoms in total. The van der Waals surface area contributed by atoms with E-state index in [9.17, 15) is 4.79 Å². The van der Waals surface area contributed by atoms with Gasteiger partial charge in [0.2, 0.25) is 0 Å². The summed E-state index contributed by atoms with van der Waals surface area (Å²) < 4.78 is 0. The van der Waals surface area contributed by atoms with Crippen LogP contribution >= 0.6 is 0 Å². The molecule has 1 saturated carbocycles. The van der Waals surface area contributed by atoms with Gasteiger partial charge in [-0.25, -0.2) is 0 Å². The van der Waals surface area contributed by atoms with E-state index in [2.05, 4.69) is 5.32 Å². The number of hydrogen-bond donors (Lipinski definition) is 3. The molecule has 13 heavy (non-hydrogen) atoms. The molecule has 1 atom stereocenters. The second-order valence-corrected chi connectivity index (χ2v) is 3.67. The first-order chi connectivity index (χ1) is 6.24. The van der Waals surface area contributed by atoms with Crippen LogP contribution in [0.15, 0.2) is 0 Å². The molecule has 0 aromatic heterocycles.